The minimum atomic E-state index is -0.173. The molecule has 0 saturated carbocycles. The molecule has 5 heteroatoms. The molecule has 1 aromatic heterocycles. The number of ketones is 1. The maximum absolute atomic E-state index is 12.2. The van der Waals surface area contributed by atoms with Crippen LogP contribution in [0.15, 0.2) is 24.4 Å². The van der Waals surface area contributed by atoms with Crippen LogP contribution in [0.3, 0.4) is 0 Å². The molecule has 0 aliphatic rings. The lowest BCUT2D eigenvalue weighted by atomic mass is 9.99. The summed E-state index contributed by atoms with van der Waals surface area (Å²) in [5.41, 5.74) is 2.78. The summed E-state index contributed by atoms with van der Waals surface area (Å²) in [5.74, 6) is 0.219. The van der Waals surface area contributed by atoms with Crippen molar-refractivity contribution in [3.05, 3.63) is 46.0 Å². The molecular formula is C18H22N2O2S. The lowest BCUT2D eigenvalue weighted by Gasteiger charge is -2.06. The second-order valence-corrected chi connectivity index (χ2v) is 7.07. The molecule has 4 nitrogen and oxygen atoms in total. The molecule has 122 valence electrons. The number of hydrogen-bond donors (Lipinski definition) is 1. The number of hydrogen-bond acceptors (Lipinski definition) is 4. The van der Waals surface area contributed by atoms with E-state index >= 15 is 0 Å². The summed E-state index contributed by atoms with van der Waals surface area (Å²) >= 11 is 1.48. The highest BCUT2D eigenvalue weighted by Crippen LogP contribution is 2.25. The van der Waals surface area contributed by atoms with E-state index in [9.17, 15) is 9.59 Å². The van der Waals surface area contributed by atoms with Crippen molar-refractivity contribution in [2.75, 3.05) is 5.32 Å². The van der Waals surface area contributed by atoms with Crippen molar-refractivity contribution in [2.45, 2.75) is 46.5 Å². The summed E-state index contributed by atoms with van der Waals surface area (Å²) in [6.45, 7) is 8.08. The fraction of sp³-hybridized carbons (Fsp3) is 0.389. The largest absolute Gasteiger partial charge is 0.302 e. The summed E-state index contributed by atoms with van der Waals surface area (Å²) < 4.78 is 0. The molecule has 1 N–H and O–H groups in total. The van der Waals surface area contributed by atoms with Crippen molar-refractivity contribution in [3.8, 4) is 0 Å². The number of aromatic nitrogens is 1. The van der Waals surface area contributed by atoms with E-state index in [1.165, 1.54) is 11.3 Å². The first-order valence-electron chi connectivity index (χ1n) is 7.73. The van der Waals surface area contributed by atoms with E-state index in [1.54, 1.807) is 6.20 Å². The van der Waals surface area contributed by atoms with Gasteiger partial charge in [0.25, 0.3) is 0 Å². The maximum atomic E-state index is 12.2. The van der Waals surface area contributed by atoms with Crippen molar-refractivity contribution < 1.29 is 9.59 Å². The van der Waals surface area contributed by atoms with Gasteiger partial charge >= 0.3 is 0 Å². The topological polar surface area (TPSA) is 59.1 Å². The van der Waals surface area contributed by atoms with Gasteiger partial charge in [0.1, 0.15) is 0 Å². The Morgan fingerprint density at radius 1 is 1.22 bits per heavy atom. The third kappa shape index (κ3) is 4.73. The molecule has 1 heterocycles. The number of nitrogens with one attached hydrogen (secondary N) is 1. The molecule has 1 amide bonds. The van der Waals surface area contributed by atoms with Gasteiger partial charge in [0.2, 0.25) is 5.91 Å². The molecule has 0 fully saturated rings. The second kappa shape index (κ2) is 7.51. The molecule has 23 heavy (non-hydrogen) atoms. The van der Waals surface area contributed by atoms with E-state index in [0.29, 0.717) is 16.6 Å². The van der Waals surface area contributed by atoms with E-state index in [0.717, 1.165) is 16.0 Å². The Hall–Kier alpha value is -2.01. The number of carbonyl (C=O) groups is 2. The number of nitrogens with zero attached hydrogens (tertiary/aromatic N) is 1. The second-order valence-electron chi connectivity index (χ2n) is 6.01. The Bertz CT molecular complexity index is 720. The summed E-state index contributed by atoms with van der Waals surface area (Å²) in [6, 6.07) is 5.74. The number of anilines is 1. The normalized spacial score (nSPS) is 10.8. The van der Waals surface area contributed by atoms with Crippen LogP contribution in [0.1, 0.15) is 59.0 Å². The first-order chi connectivity index (χ1) is 10.9. The average Bonchev–Trinajstić information content (AvgIpc) is 2.93. The van der Waals surface area contributed by atoms with E-state index in [4.69, 9.17) is 0 Å². The quantitative estimate of drug-likeness (QED) is 0.794. The molecule has 0 radical (unpaired) electrons. The van der Waals surface area contributed by atoms with Crippen molar-refractivity contribution in [2.24, 2.45) is 0 Å². The standard InChI is InChI=1S/C18H22N2O2S/c1-11(2)16-10-19-18(23-16)20-17(22)8-7-15(21)14-6-5-12(3)9-13(14)4/h5-6,9-11H,7-8H2,1-4H3,(H,19,20,22). The number of thiazole rings is 1. The van der Waals surface area contributed by atoms with Crippen molar-refractivity contribution in [1.29, 1.82) is 0 Å². The Morgan fingerprint density at radius 2 is 1.96 bits per heavy atom. The fourth-order valence-corrected chi connectivity index (χ4v) is 3.12. The maximum Gasteiger partial charge on any atom is 0.226 e. The minimum absolute atomic E-state index is 0.000316. The van der Waals surface area contributed by atoms with Gasteiger partial charge in [0, 0.05) is 29.5 Å². The van der Waals surface area contributed by atoms with Crippen LogP contribution in [0.5, 0.6) is 0 Å². The van der Waals surface area contributed by atoms with E-state index in [-0.39, 0.29) is 24.5 Å². The zero-order valence-electron chi connectivity index (χ0n) is 14.0. The molecular weight excluding hydrogens is 308 g/mol. The molecule has 0 unspecified atom stereocenters. The molecule has 1 aromatic carbocycles. The molecule has 0 saturated heterocycles. The van der Waals surface area contributed by atoms with E-state index in [1.807, 2.05) is 32.0 Å². The van der Waals surface area contributed by atoms with Gasteiger partial charge in [0.05, 0.1) is 0 Å². The first kappa shape index (κ1) is 17.3. The summed E-state index contributed by atoms with van der Waals surface area (Å²) in [6.07, 6.45) is 2.16. The van der Waals surface area contributed by atoms with Crippen molar-refractivity contribution >= 4 is 28.2 Å². The first-order valence-corrected chi connectivity index (χ1v) is 8.54. The molecule has 0 bridgehead atoms. The minimum Gasteiger partial charge on any atom is -0.302 e. The van der Waals surface area contributed by atoms with Crippen molar-refractivity contribution in [1.82, 2.24) is 4.98 Å². The third-order valence-electron chi connectivity index (χ3n) is 3.60. The smallest absolute Gasteiger partial charge is 0.226 e. The van der Waals surface area contributed by atoms with Crippen LogP contribution >= 0.6 is 11.3 Å². The summed E-state index contributed by atoms with van der Waals surface area (Å²) in [4.78, 5) is 29.5. The fourth-order valence-electron chi connectivity index (χ4n) is 2.28. The molecule has 0 atom stereocenters. The lowest BCUT2D eigenvalue weighted by molar-refractivity contribution is -0.116. The van der Waals surface area contributed by atoms with Crippen LogP contribution in [0.2, 0.25) is 0 Å². The highest BCUT2D eigenvalue weighted by atomic mass is 32.1. The SMILES string of the molecule is Cc1ccc(C(=O)CCC(=O)Nc2ncc(C(C)C)s2)c(C)c1. The van der Waals surface area contributed by atoms with Crippen LogP contribution in [0.25, 0.3) is 0 Å². The van der Waals surface area contributed by atoms with Crippen LogP contribution in [0.4, 0.5) is 5.13 Å². The van der Waals surface area contributed by atoms with Gasteiger partial charge in [-0.05, 0) is 25.3 Å². The molecule has 0 aliphatic heterocycles. The number of aryl methyl sites for hydroxylation is 2. The highest BCUT2D eigenvalue weighted by molar-refractivity contribution is 7.15. The zero-order valence-corrected chi connectivity index (χ0v) is 14.8. The number of amides is 1. The lowest BCUT2D eigenvalue weighted by Crippen LogP contribution is -2.13. The van der Waals surface area contributed by atoms with Gasteiger partial charge in [-0.2, -0.15) is 0 Å². The van der Waals surface area contributed by atoms with Crippen LogP contribution in [0, 0.1) is 13.8 Å². The molecule has 0 spiro atoms. The van der Waals surface area contributed by atoms with Gasteiger partial charge in [0.15, 0.2) is 10.9 Å². The number of carbonyl (C=O) groups excluding carboxylic acids is 2. The summed E-state index contributed by atoms with van der Waals surface area (Å²) in [5, 5.41) is 3.36. The van der Waals surface area contributed by atoms with E-state index in [2.05, 4.69) is 24.1 Å². The zero-order chi connectivity index (χ0) is 17.0. The van der Waals surface area contributed by atoms with Gasteiger partial charge in [-0.25, -0.2) is 4.98 Å². The van der Waals surface area contributed by atoms with Gasteiger partial charge in [-0.1, -0.05) is 37.6 Å². The average molecular weight is 330 g/mol. The predicted molar refractivity (Wildman–Crippen MR) is 94.3 cm³/mol. The number of Topliss-reactive ketones (excluding diaryl/α,β-unsaturated/α-hetero) is 1. The van der Waals surface area contributed by atoms with Crippen LogP contribution in [-0.2, 0) is 4.79 Å². The monoisotopic (exact) mass is 330 g/mol. The van der Waals surface area contributed by atoms with Gasteiger partial charge in [-0.15, -0.1) is 11.3 Å². The van der Waals surface area contributed by atoms with Gasteiger partial charge < -0.3 is 5.32 Å². The van der Waals surface area contributed by atoms with Gasteiger partial charge in [-0.3, -0.25) is 9.59 Å². The van der Waals surface area contributed by atoms with Crippen LogP contribution < -0.4 is 5.32 Å². The predicted octanol–water partition coefficient (Wildman–Crippen LogP) is 4.48. The third-order valence-corrected chi connectivity index (χ3v) is 4.81. The Kier molecular flexibility index (Phi) is 5.66. The summed E-state index contributed by atoms with van der Waals surface area (Å²) in [7, 11) is 0. The van der Waals surface area contributed by atoms with Crippen LogP contribution in [-0.4, -0.2) is 16.7 Å². The Morgan fingerprint density at radius 3 is 2.57 bits per heavy atom. The Balaban J connectivity index is 1.89. The van der Waals surface area contributed by atoms with E-state index < -0.39 is 0 Å². The van der Waals surface area contributed by atoms with Crippen molar-refractivity contribution in [3.63, 3.8) is 0 Å². The molecule has 0 aliphatic carbocycles. The highest BCUT2D eigenvalue weighted by Gasteiger charge is 2.13. The number of benzene rings is 1. The molecule has 2 aromatic rings. The Labute approximate surface area is 141 Å². The molecule has 2 rings (SSSR count). The number of rotatable bonds is 6.